The molecule has 2 saturated heterocycles. The summed E-state index contributed by atoms with van der Waals surface area (Å²) in [6.07, 6.45) is 0.334. The summed E-state index contributed by atoms with van der Waals surface area (Å²) in [4.78, 5) is 29.4. The fourth-order valence-electron chi connectivity index (χ4n) is 4.49. The molecule has 2 amide bonds. The van der Waals surface area contributed by atoms with Gasteiger partial charge in [0.2, 0.25) is 5.91 Å². The molecule has 0 unspecified atom stereocenters. The number of nitrogens with zero attached hydrogens (tertiary/aromatic N) is 5. The summed E-state index contributed by atoms with van der Waals surface area (Å²) in [5.74, 6) is -0.149. The molecule has 1 aromatic carbocycles. The van der Waals surface area contributed by atoms with Crippen LogP contribution in [0.15, 0.2) is 36.7 Å². The molecular weight excluding hydrogens is 423 g/mol. The molecule has 2 aliphatic rings. The zero-order valence-corrected chi connectivity index (χ0v) is 18.1. The SMILES string of the molecule is CC(=O)N(C)c1cnn(C(=O)N2CC3(CCN(Cc4ccccc4C(F)(F)F)CC3)C2)c1. The molecule has 2 fully saturated rings. The average Bonchev–Trinajstić information content (AvgIpc) is 3.21. The van der Waals surface area contributed by atoms with Gasteiger partial charge in [-0.3, -0.25) is 9.69 Å². The van der Waals surface area contributed by atoms with E-state index in [9.17, 15) is 22.8 Å². The lowest BCUT2D eigenvalue weighted by atomic mass is 9.72. The number of amides is 2. The number of anilines is 1. The minimum absolute atomic E-state index is 0.0157. The number of rotatable bonds is 3. The number of carbonyl (C=O) groups excluding carboxylic acids is 2. The van der Waals surface area contributed by atoms with E-state index >= 15 is 0 Å². The van der Waals surface area contributed by atoms with Crippen LogP contribution in [0.5, 0.6) is 0 Å². The molecule has 2 aromatic rings. The zero-order valence-electron chi connectivity index (χ0n) is 18.1. The van der Waals surface area contributed by atoms with Crippen molar-refractivity contribution >= 4 is 17.6 Å². The molecule has 32 heavy (non-hydrogen) atoms. The molecule has 7 nitrogen and oxygen atoms in total. The maximum atomic E-state index is 13.3. The van der Waals surface area contributed by atoms with Crippen molar-refractivity contribution in [2.45, 2.75) is 32.5 Å². The van der Waals surface area contributed by atoms with Gasteiger partial charge in [0.15, 0.2) is 0 Å². The number of alkyl halides is 3. The summed E-state index contributed by atoms with van der Waals surface area (Å²) in [5.41, 5.74) is 0.289. The highest BCUT2D eigenvalue weighted by atomic mass is 19.4. The van der Waals surface area contributed by atoms with Crippen molar-refractivity contribution in [1.29, 1.82) is 0 Å². The van der Waals surface area contributed by atoms with Crippen LogP contribution < -0.4 is 4.90 Å². The summed E-state index contributed by atoms with van der Waals surface area (Å²) >= 11 is 0. The van der Waals surface area contributed by atoms with Crippen molar-refractivity contribution in [3.05, 3.63) is 47.8 Å². The minimum atomic E-state index is -4.35. The van der Waals surface area contributed by atoms with Gasteiger partial charge < -0.3 is 9.80 Å². The van der Waals surface area contributed by atoms with Crippen molar-refractivity contribution in [3.63, 3.8) is 0 Å². The van der Waals surface area contributed by atoms with Crippen molar-refractivity contribution in [3.8, 4) is 0 Å². The van der Waals surface area contributed by atoms with E-state index < -0.39 is 11.7 Å². The topological polar surface area (TPSA) is 61.7 Å². The first kappa shape index (κ1) is 22.3. The van der Waals surface area contributed by atoms with Gasteiger partial charge in [-0.15, -0.1) is 0 Å². The molecule has 1 aromatic heterocycles. The minimum Gasteiger partial charge on any atom is -0.322 e. The van der Waals surface area contributed by atoms with E-state index in [0.717, 1.165) is 18.9 Å². The molecule has 3 heterocycles. The first-order chi connectivity index (χ1) is 15.1. The van der Waals surface area contributed by atoms with Crippen LogP contribution in [0, 0.1) is 5.41 Å². The van der Waals surface area contributed by atoms with Gasteiger partial charge >= 0.3 is 12.2 Å². The predicted octanol–water partition coefficient (Wildman–Crippen LogP) is 3.45. The molecule has 0 N–H and O–H groups in total. The number of halogens is 3. The van der Waals surface area contributed by atoms with E-state index in [4.69, 9.17) is 0 Å². The number of hydrogen-bond donors (Lipinski definition) is 0. The number of piperidine rings is 1. The van der Waals surface area contributed by atoms with Crippen LogP contribution in [0.4, 0.5) is 23.7 Å². The Kier molecular flexibility index (Phi) is 5.74. The molecule has 0 saturated carbocycles. The van der Waals surface area contributed by atoms with Crippen LogP contribution in [0.25, 0.3) is 0 Å². The van der Waals surface area contributed by atoms with Crippen molar-refractivity contribution in [1.82, 2.24) is 19.6 Å². The molecule has 4 rings (SSSR count). The van der Waals surface area contributed by atoms with E-state index in [1.807, 2.05) is 0 Å². The third kappa shape index (κ3) is 4.36. The molecule has 172 valence electrons. The lowest BCUT2D eigenvalue weighted by Gasteiger charge is -2.53. The van der Waals surface area contributed by atoms with Crippen LogP contribution in [-0.4, -0.2) is 64.7 Å². The fraction of sp³-hybridized carbons (Fsp3) is 0.500. The van der Waals surface area contributed by atoms with E-state index in [1.165, 1.54) is 35.0 Å². The number of carbonyl (C=O) groups is 2. The van der Waals surface area contributed by atoms with Gasteiger partial charge in [0.25, 0.3) is 0 Å². The number of hydrogen-bond acceptors (Lipinski definition) is 4. The summed E-state index contributed by atoms with van der Waals surface area (Å²) < 4.78 is 41.0. The number of aromatic nitrogens is 2. The highest BCUT2D eigenvalue weighted by Gasteiger charge is 2.47. The van der Waals surface area contributed by atoms with E-state index in [-0.39, 0.29) is 23.9 Å². The van der Waals surface area contributed by atoms with Crippen LogP contribution in [0.3, 0.4) is 0 Å². The van der Waals surface area contributed by atoms with Gasteiger partial charge in [-0.25, -0.2) is 4.79 Å². The molecule has 2 aliphatic heterocycles. The standard InChI is InChI=1S/C22H26F3N5O2/c1-16(31)27(2)18-11-26-30(13-18)20(32)29-14-21(15-29)7-9-28(10-8-21)12-17-5-3-4-6-19(17)22(23,24)25/h3-6,11,13H,7-10,12,14-15H2,1-2H3. The summed E-state index contributed by atoms with van der Waals surface area (Å²) in [6.45, 7) is 4.32. The lowest BCUT2D eigenvalue weighted by Crippen LogP contribution is -2.62. The third-order valence-corrected chi connectivity index (χ3v) is 6.58. The quantitative estimate of drug-likeness (QED) is 0.720. The normalized spacial score (nSPS) is 18.5. The molecule has 10 heteroatoms. The Hall–Kier alpha value is -2.88. The van der Waals surface area contributed by atoms with Gasteiger partial charge in [0.1, 0.15) is 0 Å². The maximum Gasteiger partial charge on any atom is 0.416 e. The van der Waals surface area contributed by atoms with E-state index in [0.29, 0.717) is 37.4 Å². The van der Waals surface area contributed by atoms with Gasteiger partial charge in [0, 0.05) is 39.0 Å². The Morgan fingerprint density at radius 1 is 1.16 bits per heavy atom. The molecule has 0 bridgehead atoms. The molecule has 0 atom stereocenters. The Morgan fingerprint density at radius 3 is 2.44 bits per heavy atom. The fourth-order valence-corrected chi connectivity index (χ4v) is 4.49. The maximum absolute atomic E-state index is 13.3. The predicted molar refractivity (Wildman–Crippen MR) is 112 cm³/mol. The van der Waals surface area contributed by atoms with Crippen molar-refractivity contribution in [2.75, 3.05) is 38.1 Å². The summed E-state index contributed by atoms with van der Waals surface area (Å²) in [7, 11) is 1.62. The summed E-state index contributed by atoms with van der Waals surface area (Å²) in [5, 5.41) is 4.07. The number of likely N-dealkylation sites (tertiary alicyclic amines) is 2. The van der Waals surface area contributed by atoms with E-state index in [1.54, 1.807) is 24.1 Å². The third-order valence-electron chi connectivity index (χ3n) is 6.58. The smallest absolute Gasteiger partial charge is 0.322 e. The van der Waals surface area contributed by atoms with Gasteiger partial charge in [0.05, 0.1) is 23.6 Å². The monoisotopic (exact) mass is 449 g/mol. The van der Waals surface area contributed by atoms with Crippen molar-refractivity contribution in [2.24, 2.45) is 5.41 Å². The highest BCUT2D eigenvalue weighted by Crippen LogP contribution is 2.41. The molecule has 0 aliphatic carbocycles. The molecule has 0 radical (unpaired) electrons. The largest absolute Gasteiger partial charge is 0.416 e. The van der Waals surface area contributed by atoms with Crippen LogP contribution >= 0.6 is 0 Å². The first-order valence-electron chi connectivity index (χ1n) is 10.5. The second kappa shape index (κ2) is 8.23. The van der Waals surface area contributed by atoms with Crippen molar-refractivity contribution < 1.29 is 22.8 Å². The molecular formula is C22H26F3N5O2. The van der Waals surface area contributed by atoms with Gasteiger partial charge in [-0.1, -0.05) is 18.2 Å². The first-order valence-corrected chi connectivity index (χ1v) is 10.5. The Labute approximate surface area is 184 Å². The second-order valence-corrected chi connectivity index (χ2v) is 8.79. The van der Waals surface area contributed by atoms with Gasteiger partial charge in [-0.05, 0) is 37.6 Å². The Bertz CT molecular complexity index is 1000. The van der Waals surface area contributed by atoms with Crippen LogP contribution in [0.1, 0.15) is 30.9 Å². The van der Waals surface area contributed by atoms with Crippen LogP contribution in [0.2, 0.25) is 0 Å². The Balaban J connectivity index is 1.31. The van der Waals surface area contributed by atoms with E-state index in [2.05, 4.69) is 10.00 Å². The van der Waals surface area contributed by atoms with Gasteiger partial charge in [-0.2, -0.15) is 23.0 Å². The van der Waals surface area contributed by atoms with Crippen LogP contribution in [-0.2, 0) is 17.5 Å². The number of benzene rings is 1. The molecule has 1 spiro atoms. The summed E-state index contributed by atoms with van der Waals surface area (Å²) in [6, 6.07) is 5.49. The second-order valence-electron chi connectivity index (χ2n) is 8.79. The highest BCUT2D eigenvalue weighted by molar-refractivity contribution is 5.91. The Morgan fingerprint density at radius 2 is 1.81 bits per heavy atom. The zero-order chi connectivity index (χ0) is 23.1. The lowest BCUT2D eigenvalue weighted by molar-refractivity contribution is -0.138. The average molecular weight is 449 g/mol.